The van der Waals surface area contributed by atoms with Gasteiger partial charge in [0.1, 0.15) is 5.82 Å². The second kappa shape index (κ2) is 7.86. The van der Waals surface area contributed by atoms with Gasteiger partial charge in [0.25, 0.3) is 5.91 Å². The molecule has 31 heavy (non-hydrogen) atoms. The van der Waals surface area contributed by atoms with Crippen LogP contribution in [-0.4, -0.2) is 42.1 Å². The van der Waals surface area contributed by atoms with Gasteiger partial charge in [-0.1, -0.05) is 0 Å². The number of carbonyl (C=O) groups is 1. The summed E-state index contributed by atoms with van der Waals surface area (Å²) in [6.45, 7) is 5.26. The maximum absolute atomic E-state index is 12.9. The Balaban J connectivity index is 1.27. The molecule has 0 radical (unpaired) electrons. The fraction of sp³-hybridized carbons (Fsp3) is 0.286. The Hall–Kier alpha value is -3.11. The number of nitrogens with one attached hydrogen (secondary N) is 1. The third kappa shape index (κ3) is 3.84. The van der Waals surface area contributed by atoms with Crippen LogP contribution in [0.25, 0.3) is 10.6 Å². The van der Waals surface area contributed by atoms with Gasteiger partial charge < -0.3 is 10.2 Å². The van der Waals surface area contributed by atoms with E-state index >= 15 is 0 Å². The highest BCUT2D eigenvalue weighted by Crippen LogP contribution is 2.32. The van der Waals surface area contributed by atoms with Crippen molar-refractivity contribution in [3.05, 3.63) is 57.4 Å². The van der Waals surface area contributed by atoms with Crippen LogP contribution >= 0.6 is 22.7 Å². The Morgan fingerprint density at radius 3 is 2.81 bits per heavy atom. The van der Waals surface area contributed by atoms with Gasteiger partial charge in [-0.05, 0) is 38.0 Å². The second-order valence-corrected chi connectivity index (χ2v) is 9.52. The summed E-state index contributed by atoms with van der Waals surface area (Å²) >= 11 is 3.16. The number of rotatable bonds is 4. The summed E-state index contributed by atoms with van der Waals surface area (Å²) in [6.07, 6.45) is 4.34. The number of aromatic nitrogens is 5. The van der Waals surface area contributed by atoms with E-state index in [1.54, 1.807) is 17.5 Å². The number of anilines is 2. The largest absolute Gasteiger partial charge is 0.332 e. The predicted molar refractivity (Wildman–Crippen MR) is 122 cm³/mol. The Kier molecular flexibility index (Phi) is 5.03. The quantitative estimate of drug-likeness (QED) is 0.505. The minimum absolute atomic E-state index is 0.0153. The van der Waals surface area contributed by atoms with Crippen LogP contribution in [0.3, 0.4) is 0 Å². The number of hydrogen-bond donors (Lipinski definition) is 1. The van der Waals surface area contributed by atoms with Gasteiger partial charge in [-0.25, -0.2) is 15.0 Å². The molecule has 0 fully saturated rings. The normalized spacial score (nSPS) is 13.3. The standard InChI is InChI=1S/C21H21N7OS2/c1-12-19(31-13(2)24-12)16-11-30-21(25-16)26-18-5-4-15(8-22-18)20(29)28-7-6-14-9-23-27(3)17(14)10-28/h4-5,8-9,11H,6-7,10H2,1-3H3,(H,22,25,26). The first-order valence-electron chi connectivity index (χ1n) is 9.90. The fourth-order valence-corrected chi connectivity index (χ4v) is 5.36. The third-order valence-electron chi connectivity index (χ3n) is 5.31. The van der Waals surface area contributed by atoms with Crippen LogP contribution in [0.2, 0.25) is 0 Å². The number of fused-ring (bicyclic) bond motifs is 1. The zero-order valence-corrected chi connectivity index (χ0v) is 19.0. The lowest BCUT2D eigenvalue weighted by Crippen LogP contribution is -2.36. The number of nitrogens with zero attached hydrogens (tertiary/aromatic N) is 6. The van der Waals surface area contributed by atoms with E-state index in [1.807, 2.05) is 54.2 Å². The molecule has 1 amide bonds. The lowest BCUT2D eigenvalue weighted by molar-refractivity contribution is 0.0730. The molecule has 8 nitrogen and oxygen atoms in total. The van der Waals surface area contributed by atoms with E-state index in [1.165, 1.54) is 16.9 Å². The van der Waals surface area contributed by atoms with Crippen molar-refractivity contribution in [1.29, 1.82) is 0 Å². The van der Waals surface area contributed by atoms with Crippen LogP contribution < -0.4 is 5.32 Å². The van der Waals surface area contributed by atoms with Gasteiger partial charge in [0.05, 0.1) is 45.3 Å². The first-order chi connectivity index (χ1) is 15.0. The lowest BCUT2D eigenvalue weighted by Gasteiger charge is -2.27. The molecule has 158 valence electrons. The Bertz CT molecular complexity index is 1260. The first-order valence-corrected chi connectivity index (χ1v) is 11.6. The molecule has 0 atom stereocenters. The molecule has 1 aliphatic rings. The summed E-state index contributed by atoms with van der Waals surface area (Å²) in [5.41, 5.74) is 4.80. The van der Waals surface area contributed by atoms with Crippen molar-refractivity contribution in [3.8, 4) is 10.6 Å². The molecule has 0 bridgehead atoms. The lowest BCUT2D eigenvalue weighted by atomic mass is 10.1. The Labute approximate surface area is 187 Å². The smallest absolute Gasteiger partial charge is 0.255 e. The predicted octanol–water partition coefficient (Wildman–Crippen LogP) is 3.95. The molecule has 5 heterocycles. The van der Waals surface area contributed by atoms with Crippen LogP contribution in [0.4, 0.5) is 10.9 Å². The Morgan fingerprint density at radius 1 is 1.19 bits per heavy atom. The first kappa shape index (κ1) is 19.8. The number of hydrogen-bond acceptors (Lipinski definition) is 8. The number of thiazole rings is 2. The third-order valence-corrected chi connectivity index (χ3v) is 7.17. The molecule has 5 rings (SSSR count). The van der Waals surface area contributed by atoms with Crippen molar-refractivity contribution in [3.63, 3.8) is 0 Å². The number of carbonyl (C=O) groups excluding carboxylic acids is 1. The van der Waals surface area contributed by atoms with Crippen molar-refractivity contribution in [2.24, 2.45) is 7.05 Å². The number of aryl methyl sites for hydroxylation is 3. The fourth-order valence-electron chi connectivity index (χ4n) is 3.70. The monoisotopic (exact) mass is 451 g/mol. The van der Waals surface area contributed by atoms with Crippen LogP contribution in [-0.2, 0) is 20.0 Å². The zero-order valence-electron chi connectivity index (χ0n) is 17.4. The van der Waals surface area contributed by atoms with E-state index in [0.29, 0.717) is 24.5 Å². The maximum Gasteiger partial charge on any atom is 0.255 e. The molecule has 4 aromatic rings. The molecule has 0 saturated carbocycles. The molecule has 0 spiro atoms. The zero-order chi connectivity index (χ0) is 21.5. The highest BCUT2D eigenvalue weighted by Gasteiger charge is 2.24. The molecule has 0 saturated heterocycles. The van der Waals surface area contributed by atoms with Crippen LogP contribution in [0, 0.1) is 13.8 Å². The van der Waals surface area contributed by atoms with Gasteiger partial charge >= 0.3 is 0 Å². The summed E-state index contributed by atoms with van der Waals surface area (Å²) in [5.74, 6) is 0.640. The minimum Gasteiger partial charge on any atom is -0.332 e. The van der Waals surface area contributed by atoms with Gasteiger partial charge in [0.2, 0.25) is 0 Å². The molecule has 4 aromatic heterocycles. The van der Waals surface area contributed by atoms with Crippen molar-refractivity contribution >= 4 is 39.5 Å². The van der Waals surface area contributed by atoms with Gasteiger partial charge in [0.15, 0.2) is 5.13 Å². The van der Waals surface area contributed by atoms with Crippen molar-refractivity contribution < 1.29 is 4.79 Å². The topological polar surface area (TPSA) is 88.8 Å². The van der Waals surface area contributed by atoms with Crippen molar-refractivity contribution in [1.82, 2.24) is 29.6 Å². The van der Waals surface area contributed by atoms with E-state index in [4.69, 9.17) is 0 Å². The molecule has 1 aliphatic heterocycles. The summed E-state index contributed by atoms with van der Waals surface area (Å²) in [6, 6.07) is 3.62. The average Bonchev–Trinajstić information content (AvgIpc) is 3.47. The van der Waals surface area contributed by atoms with E-state index in [9.17, 15) is 4.79 Å². The summed E-state index contributed by atoms with van der Waals surface area (Å²) in [4.78, 5) is 29.4. The SMILES string of the molecule is Cc1nc(C)c(-c2csc(Nc3ccc(C(=O)N4CCc5cnn(C)c5C4)cn3)n2)s1. The number of pyridine rings is 1. The molecule has 0 unspecified atom stereocenters. The van der Waals surface area contributed by atoms with Gasteiger partial charge in [-0.3, -0.25) is 9.48 Å². The minimum atomic E-state index is -0.0153. The number of amides is 1. The van der Waals surface area contributed by atoms with Gasteiger partial charge in [-0.15, -0.1) is 22.7 Å². The van der Waals surface area contributed by atoms with Gasteiger partial charge in [0, 0.05) is 25.2 Å². The molecule has 1 N–H and O–H groups in total. The molecular formula is C21H21N7OS2. The highest BCUT2D eigenvalue weighted by atomic mass is 32.1. The molecule has 0 aliphatic carbocycles. The summed E-state index contributed by atoms with van der Waals surface area (Å²) in [7, 11) is 1.91. The van der Waals surface area contributed by atoms with E-state index in [2.05, 4.69) is 25.4 Å². The second-order valence-electron chi connectivity index (χ2n) is 7.46. The Morgan fingerprint density at radius 2 is 2.06 bits per heavy atom. The van der Waals surface area contributed by atoms with Crippen LogP contribution in [0.1, 0.15) is 32.3 Å². The van der Waals surface area contributed by atoms with Crippen LogP contribution in [0.15, 0.2) is 29.9 Å². The summed E-state index contributed by atoms with van der Waals surface area (Å²) in [5, 5.41) is 11.3. The molecular weight excluding hydrogens is 430 g/mol. The van der Waals surface area contributed by atoms with Crippen molar-refractivity contribution in [2.45, 2.75) is 26.8 Å². The van der Waals surface area contributed by atoms with E-state index < -0.39 is 0 Å². The van der Waals surface area contributed by atoms with Crippen molar-refractivity contribution in [2.75, 3.05) is 11.9 Å². The van der Waals surface area contributed by atoms with Gasteiger partial charge in [-0.2, -0.15) is 5.10 Å². The maximum atomic E-state index is 12.9. The summed E-state index contributed by atoms with van der Waals surface area (Å²) < 4.78 is 1.84. The van der Waals surface area contributed by atoms with E-state index in [0.717, 1.165) is 38.5 Å². The molecule has 0 aromatic carbocycles. The van der Waals surface area contributed by atoms with E-state index in [-0.39, 0.29) is 5.91 Å². The molecule has 10 heteroatoms. The van der Waals surface area contributed by atoms with Crippen LogP contribution in [0.5, 0.6) is 0 Å². The highest BCUT2D eigenvalue weighted by molar-refractivity contribution is 7.16. The average molecular weight is 452 g/mol.